The van der Waals surface area contributed by atoms with Crippen LogP contribution in [0.4, 0.5) is 0 Å². The molecule has 0 radical (unpaired) electrons. The normalized spacial score (nSPS) is 11.0. The van der Waals surface area contributed by atoms with Gasteiger partial charge in [-0.15, -0.1) is 0 Å². The summed E-state index contributed by atoms with van der Waals surface area (Å²) in [6.45, 7) is 0.136. The van der Waals surface area contributed by atoms with Gasteiger partial charge in [-0.1, -0.05) is 35.5 Å². The van der Waals surface area contributed by atoms with Gasteiger partial charge in [0.05, 0.1) is 6.42 Å². The highest BCUT2D eigenvalue weighted by molar-refractivity contribution is 6.01. The molecule has 0 saturated carbocycles. The van der Waals surface area contributed by atoms with Crippen molar-refractivity contribution >= 4 is 11.7 Å². The van der Waals surface area contributed by atoms with Gasteiger partial charge in [-0.3, -0.25) is 4.79 Å². The van der Waals surface area contributed by atoms with Crippen molar-refractivity contribution in [1.82, 2.24) is 4.98 Å². The zero-order valence-corrected chi connectivity index (χ0v) is 15.8. The minimum absolute atomic E-state index is 0.0663. The Labute approximate surface area is 168 Å². The molecule has 7 nitrogen and oxygen atoms in total. The zero-order chi connectivity index (χ0) is 20.5. The molecule has 0 unspecified atom stereocenters. The Morgan fingerprint density at radius 3 is 2.62 bits per heavy atom. The van der Waals surface area contributed by atoms with Gasteiger partial charge in [0, 0.05) is 17.8 Å². The molecule has 2 aromatic carbocycles. The van der Waals surface area contributed by atoms with Gasteiger partial charge >= 0.3 is 5.97 Å². The number of pyridine rings is 1. The summed E-state index contributed by atoms with van der Waals surface area (Å²) in [5.41, 5.74) is 1.98. The molecule has 0 atom stereocenters. The fourth-order valence-electron chi connectivity index (χ4n) is 2.61. The van der Waals surface area contributed by atoms with E-state index in [0.717, 1.165) is 5.56 Å². The highest BCUT2D eigenvalue weighted by atomic mass is 16.6. The number of carboxylic acids is 1. The lowest BCUT2D eigenvalue weighted by atomic mass is 10.1. The van der Waals surface area contributed by atoms with Crippen molar-refractivity contribution in [3.8, 4) is 17.4 Å². The number of carbonyl (C=O) groups is 1. The molecular formula is C22H20N2O5. The quantitative estimate of drug-likeness (QED) is 0.438. The van der Waals surface area contributed by atoms with Gasteiger partial charge in [0.2, 0.25) is 5.88 Å². The van der Waals surface area contributed by atoms with E-state index >= 15 is 0 Å². The topological polar surface area (TPSA) is 90.2 Å². The fourth-order valence-corrected chi connectivity index (χ4v) is 2.61. The Balaban J connectivity index is 1.72. The Hall–Kier alpha value is -3.87. The Bertz CT molecular complexity index is 989. The first-order valence-electron chi connectivity index (χ1n) is 8.87. The molecule has 0 aliphatic rings. The molecule has 0 aliphatic heterocycles. The van der Waals surface area contributed by atoms with Crippen LogP contribution in [0.25, 0.3) is 0 Å². The molecule has 1 N–H and O–H groups in total. The van der Waals surface area contributed by atoms with E-state index in [1.165, 1.54) is 7.11 Å². The van der Waals surface area contributed by atoms with E-state index in [1.54, 1.807) is 36.5 Å². The molecule has 1 heterocycles. The van der Waals surface area contributed by atoms with Crippen molar-refractivity contribution in [2.45, 2.75) is 6.42 Å². The maximum absolute atomic E-state index is 10.9. The minimum Gasteiger partial charge on any atom is -0.487 e. The summed E-state index contributed by atoms with van der Waals surface area (Å²) in [6, 6.07) is 19.7. The van der Waals surface area contributed by atoms with Crippen LogP contribution in [-0.2, 0) is 16.1 Å². The molecule has 0 spiro atoms. The predicted octanol–water partition coefficient (Wildman–Crippen LogP) is 3.93. The number of aliphatic carboxylic acids is 1. The van der Waals surface area contributed by atoms with Crippen LogP contribution in [0.15, 0.2) is 78.1 Å². The maximum Gasteiger partial charge on any atom is 0.307 e. The summed E-state index contributed by atoms with van der Waals surface area (Å²) in [7, 11) is 1.46. The highest BCUT2D eigenvalue weighted by Crippen LogP contribution is 2.21. The van der Waals surface area contributed by atoms with Crippen LogP contribution >= 0.6 is 0 Å². The van der Waals surface area contributed by atoms with Crippen LogP contribution < -0.4 is 9.47 Å². The monoisotopic (exact) mass is 392 g/mol. The van der Waals surface area contributed by atoms with Crippen molar-refractivity contribution in [3.63, 3.8) is 0 Å². The first-order valence-corrected chi connectivity index (χ1v) is 8.87. The lowest BCUT2D eigenvalue weighted by Crippen LogP contribution is -2.14. The second-order valence-corrected chi connectivity index (χ2v) is 6.03. The third-order valence-corrected chi connectivity index (χ3v) is 3.86. The predicted molar refractivity (Wildman–Crippen MR) is 108 cm³/mol. The van der Waals surface area contributed by atoms with Crippen molar-refractivity contribution in [2.24, 2.45) is 5.16 Å². The van der Waals surface area contributed by atoms with E-state index in [2.05, 4.69) is 10.1 Å². The van der Waals surface area contributed by atoms with Crippen LogP contribution in [-0.4, -0.2) is 35.5 Å². The second-order valence-electron chi connectivity index (χ2n) is 6.03. The van der Waals surface area contributed by atoms with Gasteiger partial charge in [0.15, 0.2) is 0 Å². The number of oxime groups is 1. The molecule has 0 amide bonds. The van der Waals surface area contributed by atoms with Crippen LogP contribution in [0.3, 0.4) is 0 Å². The van der Waals surface area contributed by atoms with Crippen LogP contribution in [0.1, 0.15) is 11.1 Å². The molecule has 0 bridgehead atoms. The minimum atomic E-state index is -0.895. The van der Waals surface area contributed by atoms with Crippen molar-refractivity contribution < 1.29 is 24.2 Å². The summed E-state index contributed by atoms with van der Waals surface area (Å²) < 4.78 is 11.6. The molecule has 0 aliphatic carbocycles. The molecule has 0 saturated heterocycles. The molecule has 29 heavy (non-hydrogen) atoms. The van der Waals surface area contributed by atoms with Crippen LogP contribution in [0, 0.1) is 0 Å². The SMILES string of the molecule is CO/N=C(\COc1cccc(CC(=O)O)c1)c1cccc(Oc2ccccn2)c1. The standard InChI is InChI=1S/C22H20N2O5/c1-27-24-20(15-28-18-8-4-6-16(12-18)13-22(25)26)17-7-5-9-19(14-17)29-21-10-2-3-11-23-21/h2-12,14H,13,15H2,1H3,(H,25,26)/b24-20+. The number of hydrogen-bond acceptors (Lipinski definition) is 6. The zero-order valence-electron chi connectivity index (χ0n) is 15.8. The van der Waals surface area contributed by atoms with E-state index < -0.39 is 5.97 Å². The van der Waals surface area contributed by atoms with Gasteiger partial charge in [-0.2, -0.15) is 0 Å². The van der Waals surface area contributed by atoms with Crippen molar-refractivity contribution in [3.05, 3.63) is 84.1 Å². The van der Waals surface area contributed by atoms with Gasteiger partial charge in [0.25, 0.3) is 0 Å². The highest BCUT2D eigenvalue weighted by Gasteiger charge is 2.09. The number of hydrogen-bond donors (Lipinski definition) is 1. The molecule has 3 rings (SSSR count). The molecule has 148 valence electrons. The van der Waals surface area contributed by atoms with Crippen LogP contribution in [0.5, 0.6) is 17.4 Å². The Morgan fingerprint density at radius 1 is 1.03 bits per heavy atom. The lowest BCUT2D eigenvalue weighted by molar-refractivity contribution is -0.136. The third-order valence-electron chi connectivity index (χ3n) is 3.86. The van der Waals surface area contributed by atoms with E-state index in [0.29, 0.717) is 28.7 Å². The third kappa shape index (κ3) is 6.07. The average molecular weight is 392 g/mol. The van der Waals surface area contributed by atoms with E-state index in [1.807, 2.05) is 36.4 Å². The van der Waals surface area contributed by atoms with E-state index in [9.17, 15) is 4.79 Å². The van der Waals surface area contributed by atoms with E-state index in [4.69, 9.17) is 19.4 Å². The molecule has 7 heteroatoms. The number of ether oxygens (including phenoxy) is 2. The summed E-state index contributed by atoms with van der Waals surface area (Å²) in [6.07, 6.45) is 1.59. The number of rotatable bonds is 9. The largest absolute Gasteiger partial charge is 0.487 e. The molecule has 1 aromatic heterocycles. The second kappa shape index (κ2) is 9.89. The first-order chi connectivity index (χ1) is 14.1. The van der Waals surface area contributed by atoms with Crippen molar-refractivity contribution in [1.29, 1.82) is 0 Å². The number of carboxylic acid groups (broad SMARTS) is 1. The fraction of sp³-hybridized carbons (Fsp3) is 0.136. The number of nitrogens with zero attached hydrogens (tertiary/aromatic N) is 2. The van der Waals surface area contributed by atoms with Crippen LogP contribution in [0.2, 0.25) is 0 Å². The Morgan fingerprint density at radius 2 is 1.86 bits per heavy atom. The lowest BCUT2D eigenvalue weighted by Gasteiger charge is -2.11. The summed E-state index contributed by atoms with van der Waals surface area (Å²) in [4.78, 5) is 20.0. The summed E-state index contributed by atoms with van der Waals surface area (Å²) >= 11 is 0. The van der Waals surface area contributed by atoms with E-state index in [-0.39, 0.29) is 13.0 Å². The summed E-state index contributed by atoms with van der Waals surface area (Å²) in [5, 5.41) is 13.0. The molecule has 3 aromatic rings. The maximum atomic E-state index is 10.9. The smallest absolute Gasteiger partial charge is 0.307 e. The van der Waals surface area contributed by atoms with Gasteiger partial charge in [0.1, 0.15) is 30.9 Å². The number of benzene rings is 2. The molecular weight excluding hydrogens is 372 g/mol. The first kappa shape index (κ1) is 19.9. The van der Waals surface area contributed by atoms with Gasteiger partial charge in [-0.25, -0.2) is 4.98 Å². The Kier molecular flexibility index (Phi) is 6.78. The average Bonchev–Trinajstić information content (AvgIpc) is 2.72. The van der Waals surface area contributed by atoms with Crippen molar-refractivity contribution in [2.75, 3.05) is 13.7 Å². The van der Waals surface area contributed by atoms with Gasteiger partial charge < -0.3 is 19.4 Å². The number of aromatic nitrogens is 1. The molecule has 0 fully saturated rings. The summed E-state index contributed by atoms with van der Waals surface area (Å²) in [5.74, 6) is 0.747. The van der Waals surface area contributed by atoms with Gasteiger partial charge in [-0.05, 0) is 35.9 Å².